The maximum absolute atomic E-state index is 4.20. The van der Waals surface area contributed by atoms with E-state index < -0.39 is 0 Å². The van der Waals surface area contributed by atoms with E-state index >= 15 is 0 Å². The summed E-state index contributed by atoms with van der Waals surface area (Å²) >= 11 is 5.19. The Morgan fingerprint density at radius 1 is 1.55 bits per heavy atom. The minimum atomic E-state index is 1.12. The number of hydrogen-bond donors (Lipinski definition) is 0. The van der Waals surface area contributed by atoms with Gasteiger partial charge >= 0.3 is 0 Å². The topological polar surface area (TPSA) is 12.9 Å². The van der Waals surface area contributed by atoms with Crippen LogP contribution in [0.3, 0.4) is 0 Å². The van der Waals surface area contributed by atoms with Gasteiger partial charge in [0.1, 0.15) is 0 Å². The summed E-state index contributed by atoms with van der Waals surface area (Å²) in [4.78, 5) is 5.65. The monoisotopic (exact) mass is 233 g/mol. The van der Waals surface area contributed by atoms with E-state index in [0.717, 1.165) is 5.33 Å². The highest BCUT2D eigenvalue weighted by Crippen LogP contribution is 2.15. The van der Waals surface area contributed by atoms with Gasteiger partial charge in [-0.15, -0.1) is 11.3 Å². The zero-order valence-electron chi connectivity index (χ0n) is 6.64. The lowest BCUT2D eigenvalue weighted by atomic mass is 10.2. The average Bonchev–Trinajstić information content (AvgIpc) is 2.37. The maximum Gasteiger partial charge on any atom is 0.0797 e. The van der Waals surface area contributed by atoms with Crippen LogP contribution in [0.1, 0.15) is 23.4 Å². The van der Waals surface area contributed by atoms with Crippen LogP contribution in [-0.2, 0) is 6.42 Å². The van der Waals surface area contributed by atoms with Gasteiger partial charge in [-0.2, -0.15) is 0 Å². The molecule has 0 unspecified atom stereocenters. The maximum atomic E-state index is 4.20. The third kappa shape index (κ3) is 2.91. The molecule has 0 saturated carbocycles. The van der Waals surface area contributed by atoms with Crippen molar-refractivity contribution in [3.05, 3.63) is 16.1 Å². The Morgan fingerprint density at radius 3 is 2.91 bits per heavy atom. The van der Waals surface area contributed by atoms with Crippen molar-refractivity contribution in [1.29, 1.82) is 0 Å². The average molecular weight is 234 g/mol. The van der Waals surface area contributed by atoms with Gasteiger partial charge in [-0.1, -0.05) is 15.9 Å². The molecule has 0 radical (unpaired) electrons. The first-order chi connectivity index (χ1) is 5.34. The predicted molar refractivity (Wildman–Crippen MR) is 53.6 cm³/mol. The Hall–Kier alpha value is 0.110. The minimum absolute atomic E-state index is 1.12. The van der Waals surface area contributed by atoms with E-state index in [1.807, 2.05) is 5.51 Å². The summed E-state index contributed by atoms with van der Waals surface area (Å²) in [7, 11) is 0. The number of halogens is 1. The largest absolute Gasteiger partial charge is 0.250 e. The van der Waals surface area contributed by atoms with E-state index in [0.29, 0.717) is 0 Å². The molecule has 1 heterocycles. The first-order valence-electron chi connectivity index (χ1n) is 3.79. The van der Waals surface area contributed by atoms with Crippen molar-refractivity contribution in [1.82, 2.24) is 4.98 Å². The Kier molecular flexibility index (Phi) is 4.08. The molecule has 0 bridgehead atoms. The normalized spacial score (nSPS) is 10.4. The number of unbranched alkanes of at least 4 members (excludes halogenated alkanes) is 1. The van der Waals surface area contributed by atoms with Crippen molar-refractivity contribution < 1.29 is 0 Å². The summed E-state index contributed by atoms with van der Waals surface area (Å²) in [6.45, 7) is 2.08. The second-order valence-electron chi connectivity index (χ2n) is 2.51. The summed E-state index contributed by atoms with van der Waals surface area (Å²) in [6, 6.07) is 0. The molecule has 0 spiro atoms. The van der Waals surface area contributed by atoms with Crippen LogP contribution in [0.15, 0.2) is 5.51 Å². The number of aryl methyl sites for hydroxylation is 2. The molecular formula is C8H12BrNS. The van der Waals surface area contributed by atoms with Gasteiger partial charge in [0.2, 0.25) is 0 Å². The number of rotatable bonds is 4. The molecule has 1 aromatic rings. The Balaban J connectivity index is 2.32. The van der Waals surface area contributed by atoms with Gasteiger partial charge in [0.25, 0.3) is 0 Å². The molecule has 0 aromatic carbocycles. The van der Waals surface area contributed by atoms with Crippen LogP contribution in [-0.4, -0.2) is 10.3 Å². The van der Waals surface area contributed by atoms with E-state index in [2.05, 4.69) is 27.8 Å². The highest BCUT2D eigenvalue weighted by molar-refractivity contribution is 9.09. The molecule has 1 nitrogen and oxygen atoms in total. The van der Waals surface area contributed by atoms with Crippen LogP contribution in [0.5, 0.6) is 0 Å². The molecule has 0 saturated heterocycles. The summed E-state index contributed by atoms with van der Waals surface area (Å²) in [5.74, 6) is 0. The van der Waals surface area contributed by atoms with Gasteiger partial charge in [0.15, 0.2) is 0 Å². The highest BCUT2D eigenvalue weighted by atomic mass is 79.9. The number of aromatic nitrogens is 1. The molecule has 11 heavy (non-hydrogen) atoms. The third-order valence-electron chi connectivity index (χ3n) is 1.63. The fourth-order valence-electron chi connectivity index (χ4n) is 0.946. The molecule has 0 fully saturated rings. The number of alkyl halides is 1. The Bertz CT molecular complexity index is 210. The molecule has 0 atom stereocenters. The van der Waals surface area contributed by atoms with Gasteiger partial charge < -0.3 is 0 Å². The number of nitrogens with zero attached hydrogens (tertiary/aromatic N) is 1. The van der Waals surface area contributed by atoms with Crippen LogP contribution in [0.25, 0.3) is 0 Å². The lowest BCUT2D eigenvalue weighted by Crippen LogP contribution is -1.85. The van der Waals surface area contributed by atoms with Crippen molar-refractivity contribution in [3.63, 3.8) is 0 Å². The number of hydrogen-bond acceptors (Lipinski definition) is 2. The number of thiazole rings is 1. The molecule has 3 heteroatoms. The van der Waals surface area contributed by atoms with Crippen LogP contribution in [0.2, 0.25) is 0 Å². The van der Waals surface area contributed by atoms with E-state index in [1.54, 1.807) is 11.3 Å². The van der Waals surface area contributed by atoms with E-state index in [1.165, 1.54) is 29.8 Å². The van der Waals surface area contributed by atoms with Gasteiger partial charge in [0.05, 0.1) is 11.2 Å². The third-order valence-corrected chi connectivity index (χ3v) is 3.19. The minimum Gasteiger partial charge on any atom is -0.250 e. The summed E-state index contributed by atoms with van der Waals surface area (Å²) < 4.78 is 0. The van der Waals surface area contributed by atoms with Crippen LogP contribution < -0.4 is 0 Å². The smallest absolute Gasteiger partial charge is 0.0797 e. The molecule has 62 valence electrons. The second kappa shape index (κ2) is 4.88. The Labute approximate surface area is 80.0 Å². The van der Waals surface area contributed by atoms with Crippen LogP contribution in [0.4, 0.5) is 0 Å². The fourth-order valence-corrected chi connectivity index (χ4v) is 2.17. The van der Waals surface area contributed by atoms with Crippen LogP contribution in [0, 0.1) is 6.92 Å². The van der Waals surface area contributed by atoms with Crippen LogP contribution >= 0.6 is 27.3 Å². The molecule has 0 aliphatic rings. The quantitative estimate of drug-likeness (QED) is 0.576. The predicted octanol–water partition coefficient (Wildman–Crippen LogP) is 3.17. The zero-order chi connectivity index (χ0) is 8.10. The first-order valence-corrected chi connectivity index (χ1v) is 5.79. The first kappa shape index (κ1) is 9.20. The van der Waals surface area contributed by atoms with Gasteiger partial charge in [-0.3, -0.25) is 0 Å². The molecule has 1 aromatic heterocycles. The van der Waals surface area contributed by atoms with E-state index in [-0.39, 0.29) is 0 Å². The zero-order valence-corrected chi connectivity index (χ0v) is 9.04. The summed E-state index contributed by atoms with van der Waals surface area (Å²) in [6.07, 6.45) is 3.73. The van der Waals surface area contributed by atoms with Gasteiger partial charge in [0, 0.05) is 10.2 Å². The summed E-state index contributed by atoms with van der Waals surface area (Å²) in [5, 5.41) is 1.12. The SMILES string of the molecule is Cc1ncsc1CCCCBr. The fraction of sp³-hybridized carbons (Fsp3) is 0.625. The lowest BCUT2D eigenvalue weighted by Gasteiger charge is -1.95. The van der Waals surface area contributed by atoms with Crippen molar-refractivity contribution in [2.45, 2.75) is 26.2 Å². The van der Waals surface area contributed by atoms with Crippen molar-refractivity contribution in [2.24, 2.45) is 0 Å². The molecule has 0 amide bonds. The molecule has 0 aliphatic carbocycles. The molecule has 0 N–H and O–H groups in total. The molecular weight excluding hydrogens is 222 g/mol. The van der Waals surface area contributed by atoms with Gasteiger partial charge in [-0.05, 0) is 26.2 Å². The van der Waals surface area contributed by atoms with Crippen molar-refractivity contribution in [3.8, 4) is 0 Å². The molecule has 0 aliphatic heterocycles. The molecule has 1 rings (SSSR count). The summed E-state index contributed by atoms with van der Waals surface area (Å²) in [5.41, 5.74) is 3.14. The van der Waals surface area contributed by atoms with Crippen molar-refractivity contribution >= 4 is 27.3 Å². The lowest BCUT2D eigenvalue weighted by molar-refractivity contribution is 0.809. The highest BCUT2D eigenvalue weighted by Gasteiger charge is 1.99. The second-order valence-corrected chi connectivity index (χ2v) is 4.24. The Morgan fingerprint density at radius 2 is 2.36 bits per heavy atom. The van der Waals surface area contributed by atoms with Crippen molar-refractivity contribution in [2.75, 3.05) is 5.33 Å². The standard InChI is InChI=1S/C8H12BrNS/c1-7-8(11-6-10-7)4-2-3-5-9/h6H,2-5H2,1H3. The van der Waals surface area contributed by atoms with E-state index in [9.17, 15) is 0 Å². The van der Waals surface area contributed by atoms with Gasteiger partial charge in [-0.25, -0.2) is 4.98 Å². The van der Waals surface area contributed by atoms with E-state index in [4.69, 9.17) is 0 Å².